The lowest BCUT2D eigenvalue weighted by atomic mass is 10.1. The molecule has 1 N–H and O–H groups in total. The molecule has 2 rings (SSSR count). The minimum absolute atomic E-state index is 0.208. The standard InChI is InChI=1S/C16H23NO2/c1-12(2)17(15-8-9-15)11-14-5-3-13(4-6-14)7-10-16(18)19/h3-6,12,15H,7-11H2,1-2H3,(H,18,19). The summed E-state index contributed by atoms with van der Waals surface area (Å²) >= 11 is 0. The molecular weight excluding hydrogens is 238 g/mol. The maximum Gasteiger partial charge on any atom is 0.303 e. The Morgan fingerprint density at radius 3 is 2.32 bits per heavy atom. The summed E-state index contributed by atoms with van der Waals surface area (Å²) in [6.07, 6.45) is 3.48. The zero-order valence-corrected chi connectivity index (χ0v) is 11.8. The average molecular weight is 261 g/mol. The Kier molecular flexibility index (Phi) is 4.59. The molecule has 3 nitrogen and oxygen atoms in total. The van der Waals surface area contributed by atoms with Gasteiger partial charge in [-0.05, 0) is 44.2 Å². The number of benzene rings is 1. The summed E-state index contributed by atoms with van der Waals surface area (Å²) in [5.74, 6) is -0.733. The van der Waals surface area contributed by atoms with Gasteiger partial charge in [0, 0.05) is 25.0 Å². The Hall–Kier alpha value is -1.35. The predicted octanol–water partition coefficient (Wildman–Crippen LogP) is 3.08. The number of nitrogens with zero attached hydrogens (tertiary/aromatic N) is 1. The molecule has 104 valence electrons. The molecule has 0 heterocycles. The van der Waals surface area contributed by atoms with Gasteiger partial charge in [0.15, 0.2) is 0 Å². The number of rotatable bonds is 7. The summed E-state index contributed by atoms with van der Waals surface area (Å²) in [5, 5.41) is 8.67. The summed E-state index contributed by atoms with van der Waals surface area (Å²) in [6, 6.07) is 9.74. The molecule has 0 amide bonds. The quantitative estimate of drug-likeness (QED) is 0.820. The van der Waals surface area contributed by atoms with E-state index in [1.54, 1.807) is 0 Å². The first-order valence-corrected chi connectivity index (χ1v) is 7.11. The second-order valence-corrected chi connectivity index (χ2v) is 5.71. The highest BCUT2D eigenvalue weighted by atomic mass is 16.4. The number of aliphatic carboxylic acids is 1. The molecule has 3 heteroatoms. The summed E-state index contributed by atoms with van der Waals surface area (Å²) < 4.78 is 0. The normalized spacial score (nSPS) is 15.2. The predicted molar refractivity (Wildman–Crippen MR) is 76.1 cm³/mol. The van der Waals surface area contributed by atoms with Crippen LogP contribution in [0, 0.1) is 0 Å². The van der Waals surface area contributed by atoms with Gasteiger partial charge in [-0.15, -0.1) is 0 Å². The minimum Gasteiger partial charge on any atom is -0.481 e. The van der Waals surface area contributed by atoms with Crippen LogP contribution in [0.2, 0.25) is 0 Å². The molecule has 0 unspecified atom stereocenters. The zero-order chi connectivity index (χ0) is 13.8. The Labute approximate surface area is 115 Å². The number of carbonyl (C=O) groups is 1. The van der Waals surface area contributed by atoms with Crippen LogP contribution in [-0.4, -0.2) is 28.1 Å². The molecule has 1 aromatic carbocycles. The molecule has 0 bridgehead atoms. The summed E-state index contributed by atoms with van der Waals surface area (Å²) in [4.78, 5) is 13.1. The number of hydrogen-bond acceptors (Lipinski definition) is 2. The van der Waals surface area contributed by atoms with Crippen LogP contribution in [0.5, 0.6) is 0 Å². The highest BCUT2D eigenvalue weighted by Gasteiger charge is 2.30. The van der Waals surface area contributed by atoms with Crippen molar-refractivity contribution in [1.29, 1.82) is 0 Å². The monoisotopic (exact) mass is 261 g/mol. The lowest BCUT2D eigenvalue weighted by molar-refractivity contribution is -0.136. The van der Waals surface area contributed by atoms with E-state index in [1.165, 1.54) is 18.4 Å². The number of carboxylic acid groups (broad SMARTS) is 1. The molecule has 0 aromatic heterocycles. The van der Waals surface area contributed by atoms with E-state index in [2.05, 4.69) is 43.0 Å². The van der Waals surface area contributed by atoms with E-state index in [0.29, 0.717) is 12.5 Å². The third-order valence-corrected chi connectivity index (χ3v) is 3.69. The van der Waals surface area contributed by atoms with Gasteiger partial charge in [-0.25, -0.2) is 0 Å². The second-order valence-electron chi connectivity index (χ2n) is 5.71. The fourth-order valence-corrected chi connectivity index (χ4v) is 2.41. The Morgan fingerprint density at radius 2 is 1.84 bits per heavy atom. The van der Waals surface area contributed by atoms with E-state index >= 15 is 0 Å². The van der Waals surface area contributed by atoms with Gasteiger partial charge < -0.3 is 5.11 Å². The Bertz CT molecular complexity index is 419. The van der Waals surface area contributed by atoms with Crippen LogP contribution in [0.25, 0.3) is 0 Å². The molecule has 1 fully saturated rings. The third kappa shape index (κ3) is 4.35. The van der Waals surface area contributed by atoms with E-state index in [-0.39, 0.29) is 6.42 Å². The van der Waals surface area contributed by atoms with E-state index in [4.69, 9.17) is 5.11 Å². The Balaban J connectivity index is 1.92. The number of aryl methyl sites for hydroxylation is 1. The van der Waals surface area contributed by atoms with Crippen molar-refractivity contribution in [2.24, 2.45) is 0 Å². The molecular formula is C16H23NO2. The van der Waals surface area contributed by atoms with Crippen LogP contribution in [0.3, 0.4) is 0 Å². The zero-order valence-electron chi connectivity index (χ0n) is 11.8. The smallest absolute Gasteiger partial charge is 0.303 e. The van der Waals surface area contributed by atoms with Crippen molar-refractivity contribution in [2.75, 3.05) is 0 Å². The number of carboxylic acids is 1. The third-order valence-electron chi connectivity index (χ3n) is 3.69. The highest BCUT2D eigenvalue weighted by molar-refractivity contribution is 5.67. The first kappa shape index (κ1) is 14.1. The fraction of sp³-hybridized carbons (Fsp3) is 0.562. The van der Waals surface area contributed by atoms with Gasteiger partial charge in [0.2, 0.25) is 0 Å². The summed E-state index contributed by atoms with van der Waals surface area (Å²) in [5.41, 5.74) is 2.42. The molecule has 0 spiro atoms. The van der Waals surface area contributed by atoms with Crippen molar-refractivity contribution in [2.45, 2.75) is 58.2 Å². The van der Waals surface area contributed by atoms with E-state index in [1.807, 2.05) is 0 Å². The van der Waals surface area contributed by atoms with Gasteiger partial charge >= 0.3 is 5.97 Å². The van der Waals surface area contributed by atoms with Crippen LogP contribution in [0.15, 0.2) is 24.3 Å². The van der Waals surface area contributed by atoms with Gasteiger partial charge in [0.05, 0.1) is 0 Å². The first-order chi connectivity index (χ1) is 9.06. The molecule has 0 aliphatic heterocycles. The van der Waals surface area contributed by atoms with Crippen LogP contribution in [0.4, 0.5) is 0 Å². The SMILES string of the molecule is CC(C)N(Cc1ccc(CCC(=O)O)cc1)C1CC1. The Morgan fingerprint density at radius 1 is 1.26 bits per heavy atom. The van der Waals surface area contributed by atoms with Gasteiger partial charge in [-0.3, -0.25) is 9.69 Å². The number of hydrogen-bond donors (Lipinski definition) is 1. The van der Waals surface area contributed by atoms with Crippen molar-refractivity contribution in [3.8, 4) is 0 Å². The molecule has 0 saturated heterocycles. The van der Waals surface area contributed by atoms with Gasteiger partial charge in [-0.2, -0.15) is 0 Å². The van der Waals surface area contributed by atoms with Crippen molar-refractivity contribution < 1.29 is 9.90 Å². The molecule has 1 aliphatic rings. The highest BCUT2D eigenvalue weighted by Crippen LogP contribution is 2.30. The van der Waals surface area contributed by atoms with Gasteiger partial charge in [0.25, 0.3) is 0 Å². The maximum absolute atomic E-state index is 10.5. The van der Waals surface area contributed by atoms with Crippen LogP contribution < -0.4 is 0 Å². The van der Waals surface area contributed by atoms with Crippen LogP contribution >= 0.6 is 0 Å². The van der Waals surface area contributed by atoms with E-state index in [0.717, 1.165) is 18.2 Å². The topological polar surface area (TPSA) is 40.5 Å². The lowest BCUT2D eigenvalue weighted by Gasteiger charge is -2.26. The van der Waals surface area contributed by atoms with Crippen molar-refractivity contribution >= 4 is 5.97 Å². The average Bonchev–Trinajstić information content (AvgIpc) is 3.18. The van der Waals surface area contributed by atoms with Gasteiger partial charge in [-0.1, -0.05) is 24.3 Å². The van der Waals surface area contributed by atoms with Crippen molar-refractivity contribution in [1.82, 2.24) is 4.90 Å². The minimum atomic E-state index is -0.733. The molecule has 1 aliphatic carbocycles. The molecule has 1 aromatic rings. The summed E-state index contributed by atoms with van der Waals surface area (Å²) in [7, 11) is 0. The molecule has 1 saturated carbocycles. The molecule has 0 atom stereocenters. The van der Waals surface area contributed by atoms with E-state index in [9.17, 15) is 4.79 Å². The fourth-order valence-electron chi connectivity index (χ4n) is 2.41. The van der Waals surface area contributed by atoms with Crippen LogP contribution in [0.1, 0.15) is 44.2 Å². The lowest BCUT2D eigenvalue weighted by Crippen LogP contribution is -2.32. The maximum atomic E-state index is 10.5. The van der Waals surface area contributed by atoms with Gasteiger partial charge in [0.1, 0.15) is 0 Å². The molecule has 0 radical (unpaired) electrons. The van der Waals surface area contributed by atoms with Crippen molar-refractivity contribution in [3.05, 3.63) is 35.4 Å². The van der Waals surface area contributed by atoms with Crippen LogP contribution in [-0.2, 0) is 17.8 Å². The molecule has 19 heavy (non-hydrogen) atoms. The largest absolute Gasteiger partial charge is 0.481 e. The first-order valence-electron chi connectivity index (χ1n) is 7.11. The summed E-state index contributed by atoms with van der Waals surface area (Å²) in [6.45, 7) is 5.50. The van der Waals surface area contributed by atoms with Crippen molar-refractivity contribution in [3.63, 3.8) is 0 Å². The second kappa shape index (κ2) is 6.20. The van der Waals surface area contributed by atoms with E-state index < -0.39 is 5.97 Å².